The second-order valence-corrected chi connectivity index (χ2v) is 2.01. The molecular formula is C5H8N3O4+. The van der Waals surface area contributed by atoms with E-state index in [9.17, 15) is 9.70 Å². The van der Waals surface area contributed by atoms with Crippen LogP contribution in [0.1, 0.15) is 16.2 Å². The molecule has 0 aliphatic heterocycles. The summed E-state index contributed by atoms with van der Waals surface area (Å²) in [5.41, 5.74) is -0.218. The Balaban J connectivity index is 3.16. The lowest BCUT2D eigenvalue weighted by molar-refractivity contribution is -0.720. The number of hydrogen-bond acceptors (Lipinski definition) is 4. The summed E-state index contributed by atoms with van der Waals surface area (Å²) < 4.78 is 4.27. The number of aliphatic hydroxyl groups is 1. The third-order valence-corrected chi connectivity index (χ3v) is 1.34. The zero-order valence-corrected chi connectivity index (χ0v) is 6.33. The summed E-state index contributed by atoms with van der Waals surface area (Å²) in [6.45, 7) is -0.556. The second kappa shape index (κ2) is 3.18. The molecule has 1 aromatic rings. The van der Waals surface area contributed by atoms with Crippen LogP contribution in [0.2, 0.25) is 0 Å². The topological polar surface area (TPSA) is 101 Å². The van der Waals surface area contributed by atoms with E-state index in [0.29, 0.717) is 0 Å². The summed E-state index contributed by atoms with van der Waals surface area (Å²) in [6, 6.07) is 0. The number of aromatic amines is 1. The highest BCUT2D eigenvalue weighted by Crippen LogP contribution is 1.97. The van der Waals surface area contributed by atoms with Crippen LogP contribution in [0.4, 0.5) is 0 Å². The maximum absolute atomic E-state index is 10.9. The first kappa shape index (κ1) is 8.47. The molecule has 1 heterocycles. The van der Waals surface area contributed by atoms with Gasteiger partial charge in [0.1, 0.15) is 6.61 Å². The van der Waals surface area contributed by atoms with Crippen LogP contribution in [0, 0.1) is 4.91 Å². The molecule has 1 rings (SSSR count). The molecule has 0 aromatic carbocycles. The van der Waals surface area contributed by atoms with Crippen LogP contribution in [-0.2, 0) is 6.61 Å². The highest BCUT2D eigenvalue weighted by Gasteiger charge is 2.24. The molecule has 0 bridgehead atoms. The molecular weight excluding hydrogens is 166 g/mol. The van der Waals surface area contributed by atoms with E-state index in [0.717, 1.165) is 0 Å². The fourth-order valence-electron chi connectivity index (χ4n) is 0.732. The molecule has 7 heteroatoms. The maximum atomic E-state index is 10.9. The Kier molecular flexibility index (Phi) is 2.24. The Bertz CT molecular complexity index is 339. The monoisotopic (exact) mass is 174 g/mol. The number of hydrogen-bond donors (Lipinski definition) is 3. The van der Waals surface area contributed by atoms with Gasteiger partial charge in [0.2, 0.25) is 0 Å². The lowest BCUT2D eigenvalue weighted by Crippen LogP contribution is -2.23. The van der Waals surface area contributed by atoms with Gasteiger partial charge in [-0.05, 0) is 4.91 Å². The summed E-state index contributed by atoms with van der Waals surface area (Å²) in [7, 11) is 1.40. The Morgan fingerprint density at radius 3 is 3.00 bits per heavy atom. The molecule has 0 unspecified atom stereocenters. The predicted molar refractivity (Wildman–Crippen MR) is 35.7 cm³/mol. The third-order valence-electron chi connectivity index (χ3n) is 1.34. The molecule has 0 saturated carbocycles. The van der Waals surface area contributed by atoms with Crippen molar-refractivity contribution in [2.45, 2.75) is 6.61 Å². The lowest BCUT2D eigenvalue weighted by atomic mass is 10.3. The van der Waals surface area contributed by atoms with Crippen LogP contribution < -0.4 is 9.92 Å². The van der Waals surface area contributed by atoms with Crippen molar-refractivity contribution in [1.29, 1.82) is 0 Å². The normalized spacial score (nSPS) is 9.83. The van der Waals surface area contributed by atoms with Gasteiger partial charge in [0.25, 0.3) is 17.3 Å². The van der Waals surface area contributed by atoms with Gasteiger partial charge >= 0.3 is 0 Å². The SMILES string of the molecule is CNC(=O)c1[nH]o[n+](=O)c1CO. The molecule has 0 atom stereocenters. The highest BCUT2D eigenvalue weighted by molar-refractivity contribution is 5.92. The van der Waals surface area contributed by atoms with Crippen molar-refractivity contribution in [2.24, 2.45) is 0 Å². The molecule has 0 radical (unpaired) electrons. The summed E-state index contributed by atoms with van der Waals surface area (Å²) in [5, 5.41) is 13.0. The van der Waals surface area contributed by atoms with E-state index in [1.807, 2.05) is 0 Å². The van der Waals surface area contributed by atoms with Gasteiger partial charge in [-0.3, -0.25) is 4.79 Å². The second-order valence-electron chi connectivity index (χ2n) is 2.01. The van der Waals surface area contributed by atoms with Gasteiger partial charge in [-0.15, -0.1) is 0 Å². The standard InChI is InChI=1S/C5H7N3O4/c1-6-5(10)4-3(2-9)8(11)12-7-4/h9H,2H2,1H3,(H-,6,7,10,11)/p+1. The van der Waals surface area contributed by atoms with Crippen LogP contribution in [0.3, 0.4) is 0 Å². The van der Waals surface area contributed by atoms with E-state index < -0.39 is 12.5 Å². The number of nitrogens with zero attached hydrogens (tertiary/aromatic N) is 1. The quantitative estimate of drug-likeness (QED) is 0.501. The summed E-state index contributed by atoms with van der Waals surface area (Å²) in [6.07, 6.45) is 0. The van der Waals surface area contributed by atoms with Crippen LogP contribution >= 0.6 is 0 Å². The summed E-state index contributed by atoms with van der Waals surface area (Å²) in [5.74, 6) is -0.516. The average molecular weight is 174 g/mol. The highest BCUT2D eigenvalue weighted by atomic mass is 16.7. The van der Waals surface area contributed by atoms with Gasteiger partial charge in [-0.25, -0.2) is 0 Å². The Morgan fingerprint density at radius 2 is 2.50 bits per heavy atom. The molecule has 0 aliphatic rings. The summed E-state index contributed by atoms with van der Waals surface area (Å²) in [4.78, 5) is 21.6. The third kappa shape index (κ3) is 1.21. The number of H-pyrrole nitrogens is 1. The largest absolute Gasteiger partial charge is 0.387 e. The smallest absolute Gasteiger partial charge is 0.298 e. The van der Waals surface area contributed by atoms with E-state index in [4.69, 9.17) is 5.11 Å². The Labute approximate surface area is 66.5 Å². The molecule has 12 heavy (non-hydrogen) atoms. The zero-order chi connectivity index (χ0) is 9.14. The fraction of sp³-hybridized carbons (Fsp3) is 0.400. The van der Waals surface area contributed by atoms with Crippen LogP contribution in [-0.4, -0.2) is 23.2 Å². The Morgan fingerprint density at radius 1 is 1.83 bits per heavy atom. The minimum absolute atomic E-state index is 0.0462. The van der Waals surface area contributed by atoms with E-state index in [2.05, 4.69) is 15.1 Å². The van der Waals surface area contributed by atoms with Crippen molar-refractivity contribution in [2.75, 3.05) is 7.05 Å². The first-order valence-corrected chi connectivity index (χ1v) is 3.17. The van der Waals surface area contributed by atoms with E-state index in [1.54, 1.807) is 0 Å². The number of carbonyl (C=O) groups excluding carboxylic acids is 1. The van der Waals surface area contributed by atoms with Gasteiger partial charge < -0.3 is 10.4 Å². The predicted octanol–water partition coefficient (Wildman–Crippen LogP) is -1.63. The average Bonchev–Trinajstić information content (AvgIpc) is 2.45. The van der Waals surface area contributed by atoms with Crippen LogP contribution in [0.25, 0.3) is 0 Å². The number of aliphatic hydroxyl groups excluding tert-OH is 1. The molecule has 0 spiro atoms. The minimum atomic E-state index is -0.556. The molecule has 1 amide bonds. The van der Waals surface area contributed by atoms with Gasteiger partial charge in [0, 0.05) is 7.05 Å². The molecule has 0 fully saturated rings. The van der Waals surface area contributed by atoms with Crippen molar-refractivity contribution >= 4 is 5.91 Å². The van der Waals surface area contributed by atoms with Crippen molar-refractivity contribution in [3.05, 3.63) is 16.3 Å². The first-order valence-electron chi connectivity index (χ1n) is 3.17. The fourth-order valence-corrected chi connectivity index (χ4v) is 0.732. The maximum Gasteiger partial charge on any atom is 0.298 e. The minimum Gasteiger partial charge on any atom is -0.387 e. The Hall–Kier alpha value is -1.63. The number of carbonyl (C=O) groups is 1. The van der Waals surface area contributed by atoms with E-state index in [-0.39, 0.29) is 16.0 Å². The summed E-state index contributed by atoms with van der Waals surface area (Å²) >= 11 is 0. The zero-order valence-electron chi connectivity index (χ0n) is 6.33. The number of amides is 1. The molecule has 3 N–H and O–H groups in total. The molecule has 0 saturated heterocycles. The van der Waals surface area contributed by atoms with Crippen LogP contribution in [0.5, 0.6) is 0 Å². The van der Waals surface area contributed by atoms with Crippen molar-refractivity contribution < 1.29 is 19.1 Å². The molecule has 7 nitrogen and oxygen atoms in total. The number of rotatable bonds is 2. The lowest BCUT2D eigenvalue weighted by Gasteiger charge is -1.88. The van der Waals surface area contributed by atoms with Gasteiger partial charge in [0.05, 0.1) is 0 Å². The number of nitrogens with one attached hydrogen (secondary N) is 2. The van der Waals surface area contributed by atoms with E-state index >= 15 is 0 Å². The van der Waals surface area contributed by atoms with Gasteiger partial charge in [0.15, 0.2) is 4.60 Å². The van der Waals surface area contributed by atoms with E-state index in [1.165, 1.54) is 7.05 Å². The van der Waals surface area contributed by atoms with Gasteiger partial charge in [-0.1, -0.05) is 9.79 Å². The number of aromatic nitrogens is 2. The molecule has 0 aliphatic carbocycles. The van der Waals surface area contributed by atoms with Crippen molar-refractivity contribution in [1.82, 2.24) is 10.5 Å². The van der Waals surface area contributed by atoms with Crippen molar-refractivity contribution in [3.8, 4) is 0 Å². The van der Waals surface area contributed by atoms with Crippen LogP contribution in [0.15, 0.2) is 4.63 Å². The first-order chi connectivity index (χ1) is 5.70. The molecule has 66 valence electrons. The molecule has 1 aromatic heterocycles. The van der Waals surface area contributed by atoms with Gasteiger partial charge in [-0.2, -0.15) is 0 Å². The van der Waals surface area contributed by atoms with Crippen molar-refractivity contribution in [3.63, 3.8) is 0 Å².